The molecule has 6 nitrogen and oxygen atoms in total. The number of hydrogen-bond acceptors (Lipinski definition) is 5. The molecular formula is C24H23N3O3S. The Morgan fingerprint density at radius 3 is 2.65 bits per heavy atom. The average Bonchev–Trinajstić information content (AvgIpc) is 3.41. The fourth-order valence-electron chi connectivity index (χ4n) is 3.23. The summed E-state index contributed by atoms with van der Waals surface area (Å²) in [4.78, 5) is 18.4. The van der Waals surface area contributed by atoms with Crippen LogP contribution in [-0.2, 0) is 6.61 Å². The highest BCUT2D eigenvalue weighted by atomic mass is 32.1. The molecule has 4 rings (SSSR count). The number of rotatable bonds is 7. The summed E-state index contributed by atoms with van der Waals surface area (Å²) in [5.41, 5.74) is 3.23. The normalized spacial score (nSPS) is 10.7. The number of carbonyl (C=O) groups is 1. The number of methoxy groups -OCH3 is 1. The second kappa shape index (κ2) is 9.06. The van der Waals surface area contributed by atoms with Gasteiger partial charge in [-0.2, -0.15) is 0 Å². The van der Waals surface area contributed by atoms with E-state index in [0.717, 1.165) is 21.0 Å². The van der Waals surface area contributed by atoms with Gasteiger partial charge < -0.3 is 19.4 Å². The Balaban J connectivity index is 1.58. The fourth-order valence-corrected chi connectivity index (χ4v) is 4.35. The van der Waals surface area contributed by atoms with Crippen molar-refractivity contribution in [3.8, 4) is 16.5 Å². The first-order valence-corrected chi connectivity index (χ1v) is 10.6. The van der Waals surface area contributed by atoms with Gasteiger partial charge in [-0.3, -0.25) is 9.78 Å². The minimum atomic E-state index is -0.158. The van der Waals surface area contributed by atoms with Gasteiger partial charge in [0.05, 0.1) is 12.7 Å². The van der Waals surface area contributed by atoms with Crippen LogP contribution in [0.4, 0.5) is 5.69 Å². The van der Waals surface area contributed by atoms with E-state index in [0.29, 0.717) is 29.4 Å². The number of nitrogens with one attached hydrogen (secondary N) is 1. The summed E-state index contributed by atoms with van der Waals surface area (Å²) in [6, 6.07) is 13.1. The van der Waals surface area contributed by atoms with Gasteiger partial charge in [-0.05, 0) is 49.7 Å². The summed E-state index contributed by atoms with van der Waals surface area (Å²) >= 11 is 1.60. The van der Waals surface area contributed by atoms with Crippen LogP contribution in [0.5, 0.6) is 11.5 Å². The van der Waals surface area contributed by atoms with Crippen molar-refractivity contribution in [2.75, 3.05) is 12.4 Å². The number of thiophene rings is 1. The predicted molar refractivity (Wildman–Crippen MR) is 123 cm³/mol. The molecule has 0 spiro atoms. The molecule has 7 heteroatoms. The highest BCUT2D eigenvalue weighted by Crippen LogP contribution is 2.34. The first kappa shape index (κ1) is 20.7. The average molecular weight is 434 g/mol. The van der Waals surface area contributed by atoms with Crippen molar-refractivity contribution in [2.45, 2.75) is 20.5 Å². The fraction of sp³-hybridized carbons (Fsp3) is 0.167. The quantitative estimate of drug-likeness (QED) is 0.424. The minimum Gasteiger partial charge on any atom is -0.493 e. The number of carbonyl (C=O) groups excluding carboxylic acids is 1. The maximum atomic E-state index is 13.2. The number of pyridine rings is 1. The Morgan fingerprint density at radius 1 is 1.13 bits per heavy atom. The first-order valence-electron chi connectivity index (χ1n) is 9.81. The lowest BCUT2D eigenvalue weighted by atomic mass is 10.1. The molecular weight excluding hydrogens is 410 g/mol. The molecule has 0 radical (unpaired) electrons. The Hall–Kier alpha value is -3.58. The van der Waals surface area contributed by atoms with Crippen LogP contribution in [0.15, 0.2) is 67.3 Å². The van der Waals surface area contributed by atoms with Crippen molar-refractivity contribution in [2.24, 2.45) is 0 Å². The molecule has 0 aliphatic heterocycles. The summed E-state index contributed by atoms with van der Waals surface area (Å²) in [6.07, 6.45) is 7.36. The Bertz CT molecular complexity index is 1180. The molecule has 31 heavy (non-hydrogen) atoms. The van der Waals surface area contributed by atoms with Gasteiger partial charge in [0.2, 0.25) is 0 Å². The molecule has 1 aromatic carbocycles. The zero-order valence-corrected chi connectivity index (χ0v) is 18.4. The SMILES string of the molecule is COc1ccc(NC(=O)c2c(-n3cccc3)sc(C)c2C)cc1OCc1cccnc1. The molecule has 4 aromatic rings. The van der Waals surface area contributed by atoms with Crippen LogP contribution in [0.3, 0.4) is 0 Å². The third-order valence-corrected chi connectivity index (χ3v) is 6.19. The monoisotopic (exact) mass is 433 g/mol. The largest absolute Gasteiger partial charge is 0.493 e. The Morgan fingerprint density at radius 2 is 1.94 bits per heavy atom. The van der Waals surface area contributed by atoms with Crippen LogP contribution in [-0.4, -0.2) is 22.6 Å². The highest BCUT2D eigenvalue weighted by molar-refractivity contribution is 7.15. The molecule has 3 heterocycles. The van der Waals surface area contributed by atoms with Crippen LogP contribution >= 0.6 is 11.3 Å². The van der Waals surface area contributed by atoms with Crippen molar-refractivity contribution < 1.29 is 14.3 Å². The molecule has 158 valence electrons. The van der Waals surface area contributed by atoms with Crippen LogP contribution in [0.2, 0.25) is 0 Å². The molecule has 1 amide bonds. The standard InChI is InChI=1S/C24H23N3O3S/c1-16-17(2)31-24(27-11-4-5-12-27)22(16)23(28)26-19-8-9-20(29-3)21(13-19)30-15-18-7-6-10-25-14-18/h4-14H,15H2,1-3H3,(H,26,28). The summed E-state index contributed by atoms with van der Waals surface area (Å²) in [7, 11) is 1.59. The maximum Gasteiger partial charge on any atom is 0.258 e. The second-order valence-corrected chi connectivity index (χ2v) is 8.23. The minimum absolute atomic E-state index is 0.158. The highest BCUT2D eigenvalue weighted by Gasteiger charge is 2.21. The zero-order valence-electron chi connectivity index (χ0n) is 17.6. The Kier molecular flexibility index (Phi) is 6.04. The molecule has 1 N–H and O–H groups in total. The summed E-state index contributed by atoms with van der Waals surface area (Å²) in [5, 5.41) is 3.91. The van der Waals surface area contributed by atoms with Gasteiger partial charge in [-0.1, -0.05) is 6.07 Å². The van der Waals surface area contributed by atoms with Crippen molar-refractivity contribution in [3.63, 3.8) is 0 Å². The van der Waals surface area contributed by atoms with Crippen LogP contribution in [0, 0.1) is 13.8 Å². The van der Waals surface area contributed by atoms with E-state index in [1.54, 1.807) is 49.0 Å². The molecule has 0 fully saturated rings. The number of nitrogens with zero attached hydrogens (tertiary/aromatic N) is 2. The van der Waals surface area contributed by atoms with E-state index in [-0.39, 0.29) is 5.91 Å². The molecule has 0 unspecified atom stereocenters. The van der Waals surface area contributed by atoms with Gasteiger partial charge in [0, 0.05) is 47.0 Å². The number of benzene rings is 1. The van der Waals surface area contributed by atoms with Crippen LogP contribution < -0.4 is 14.8 Å². The number of aromatic nitrogens is 2. The molecule has 0 aliphatic carbocycles. The Labute approximate surface area is 185 Å². The zero-order chi connectivity index (χ0) is 21.8. The molecule has 0 aliphatic rings. The predicted octanol–water partition coefficient (Wildman–Crippen LogP) is 5.39. The van der Waals surface area contributed by atoms with Gasteiger partial charge in [0.25, 0.3) is 5.91 Å². The lowest BCUT2D eigenvalue weighted by Gasteiger charge is -2.13. The molecule has 3 aromatic heterocycles. The molecule has 0 atom stereocenters. The van der Waals surface area contributed by atoms with E-state index < -0.39 is 0 Å². The summed E-state index contributed by atoms with van der Waals surface area (Å²) in [5.74, 6) is 0.986. The van der Waals surface area contributed by atoms with E-state index in [9.17, 15) is 4.79 Å². The topological polar surface area (TPSA) is 65.4 Å². The second-order valence-electron chi connectivity index (χ2n) is 7.02. The lowest BCUT2D eigenvalue weighted by Crippen LogP contribution is -2.14. The van der Waals surface area contributed by atoms with Crippen molar-refractivity contribution in [3.05, 3.63) is 88.8 Å². The van der Waals surface area contributed by atoms with E-state index in [4.69, 9.17) is 9.47 Å². The van der Waals surface area contributed by atoms with Gasteiger partial charge >= 0.3 is 0 Å². The van der Waals surface area contributed by atoms with Crippen molar-refractivity contribution in [1.82, 2.24) is 9.55 Å². The number of amides is 1. The van der Waals surface area contributed by atoms with E-state index in [1.165, 1.54) is 0 Å². The lowest BCUT2D eigenvalue weighted by molar-refractivity contribution is 0.102. The van der Waals surface area contributed by atoms with E-state index in [2.05, 4.69) is 10.3 Å². The smallest absolute Gasteiger partial charge is 0.258 e. The number of anilines is 1. The third kappa shape index (κ3) is 4.46. The summed E-state index contributed by atoms with van der Waals surface area (Å²) in [6.45, 7) is 4.36. The van der Waals surface area contributed by atoms with Crippen LogP contribution in [0.1, 0.15) is 26.4 Å². The van der Waals surface area contributed by atoms with Gasteiger partial charge in [-0.15, -0.1) is 11.3 Å². The third-order valence-electron chi connectivity index (χ3n) is 4.97. The van der Waals surface area contributed by atoms with Crippen molar-refractivity contribution >= 4 is 22.9 Å². The number of hydrogen-bond donors (Lipinski definition) is 1. The molecule has 0 saturated heterocycles. The maximum absolute atomic E-state index is 13.2. The molecule has 0 saturated carbocycles. The number of ether oxygens (including phenoxy) is 2. The van der Waals surface area contributed by atoms with Gasteiger partial charge in [0.15, 0.2) is 11.5 Å². The van der Waals surface area contributed by atoms with E-state index >= 15 is 0 Å². The van der Waals surface area contributed by atoms with Gasteiger partial charge in [0.1, 0.15) is 11.6 Å². The van der Waals surface area contributed by atoms with Gasteiger partial charge in [-0.25, -0.2) is 0 Å². The van der Waals surface area contributed by atoms with Crippen LogP contribution in [0.25, 0.3) is 5.00 Å². The summed E-state index contributed by atoms with van der Waals surface area (Å²) < 4.78 is 13.3. The van der Waals surface area contributed by atoms with E-state index in [1.807, 2.05) is 55.1 Å². The first-order chi connectivity index (χ1) is 15.1. The molecule has 0 bridgehead atoms. The number of aryl methyl sites for hydroxylation is 1. The van der Waals surface area contributed by atoms with Crippen molar-refractivity contribution in [1.29, 1.82) is 0 Å².